The fraction of sp³-hybridized carbons (Fsp3) is 0.500. The number of likely N-dealkylation sites (N-methyl/N-ethyl adjacent to an activating group) is 1. The lowest BCUT2D eigenvalue weighted by atomic mass is 10.3. The third-order valence-corrected chi connectivity index (χ3v) is 3.84. The summed E-state index contributed by atoms with van der Waals surface area (Å²) in [5, 5.41) is 5.78. The standard InChI is InChI=1S/C8H11N3OS2/c1-11(8-9-2-3-14-8)7(12)6-4-13-5-10-6/h2-3,6,10H,4-5H2,1H3. The molecule has 6 heteroatoms. The van der Waals surface area contributed by atoms with Crippen molar-refractivity contribution in [3.63, 3.8) is 0 Å². The van der Waals surface area contributed by atoms with Crippen molar-refractivity contribution in [1.29, 1.82) is 0 Å². The van der Waals surface area contributed by atoms with Crippen molar-refractivity contribution in [2.24, 2.45) is 0 Å². The van der Waals surface area contributed by atoms with Gasteiger partial charge in [0.05, 0.1) is 6.04 Å². The maximum atomic E-state index is 11.9. The zero-order valence-corrected chi connectivity index (χ0v) is 9.40. The molecular formula is C8H11N3OS2. The van der Waals surface area contributed by atoms with Crippen LogP contribution >= 0.6 is 23.1 Å². The largest absolute Gasteiger partial charge is 0.296 e. The van der Waals surface area contributed by atoms with Gasteiger partial charge in [-0.25, -0.2) is 4.98 Å². The van der Waals surface area contributed by atoms with Gasteiger partial charge in [0.25, 0.3) is 0 Å². The van der Waals surface area contributed by atoms with E-state index < -0.39 is 0 Å². The molecule has 14 heavy (non-hydrogen) atoms. The Morgan fingerprint density at radius 3 is 3.21 bits per heavy atom. The number of rotatable bonds is 2. The van der Waals surface area contributed by atoms with Gasteiger partial charge < -0.3 is 0 Å². The number of carbonyl (C=O) groups is 1. The molecule has 1 aromatic rings. The summed E-state index contributed by atoms with van der Waals surface area (Å²) < 4.78 is 0. The Balaban J connectivity index is 2.04. The quantitative estimate of drug-likeness (QED) is 0.813. The molecule has 4 nitrogen and oxygen atoms in total. The van der Waals surface area contributed by atoms with Gasteiger partial charge in [0.15, 0.2) is 5.13 Å². The molecule has 0 saturated carbocycles. The highest BCUT2D eigenvalue weighted by Crippen LogP contribution is 2.18. The summed E-state index contributed by atoms with van der Waals surface area (Å²) in [7, 11) is 1.77. The molecule has 1 aliphatic rings. The van der Waals surface area contributed by atoms with Crippen molar-refractivity contribution < 1.29 is 4.79 Å². The number of nitrogens with one attached hydrogen (secondary N) is 1. The molecule has 1 amide bonds. The lowest BCUT2D eigenvalue weighted by molar-refractivity contribution is -0.119. The molecule has 1 unspecified atom stereocenters. The second-order valence-electron chi connectivity index (χ2n) is 2.98. The Morgan fingerprint density at radius 1 is 1.79 bits per heavy atom. The molecule has 0 radical (unpaired) electrons. The van der Waals surface area contributed by atoms with Gasteiger partial charge in [0.2, 0.25) is 5.91 Å². The van der Waals surface area contributed by atoms with Crippen LogP contribution in [0, 0.1) is 0 Å². The minimum absolute atomic E-state index is 0.0473. The van der Waals surface area contributed by atoms with Crippen LogP contribution in [0.25, 0.3) is 0 Å². The van der Waals surface area contributed by atoms with Gasteiger partial charge in [-0.1, -0.05) is 0 Å². The molecule has 0 bridgehead atoms. The first-order valence-electron chi connectivity index (χ1n) is 4.27. The lowest BCUT2D eigenvalue weighted by Gasteiger charge is -2.17. The molecule has 0 aliphatic carbocycles. The van der Waals surface area contributed by atoms with E-state index in [0.717, 1.165) is 16.8 Å². The molecule has 1 aromatic heterocycles. The van der Waals surface area contributed by atoms with Crippen molar-refractivity contribution >= 4 is 34.1 Å². The maximum absolute atomic E-state index is 11.9. The smallest absolute Gasteiger partial charge is 0.246 e. The Labute approximate surface area is 90.7 Å². The topological polar surface area (TPSA) is 45.2 Å². The molecule has 1 saturated heterocycles. The molecule has 76 valence electrons. The molecule has 0 spiro atoms. The van der Waals surface area contributed by atoms with Crippen LogP contribution in [0.3, 0.4) is 0 Å². The first-order valence-corrected chi connectivity index (χ1v) is 6.30. The molecule has 0 aromatic carbocycles. The maximum Gasteiger partial charge on any atom is 0.246 e. The Morgan fingerprint density at radius 2 is 2.64 bits per heavy atom. The van der Waals surface area contributed by atoms with E-state index in [0.29, 0.717) is 0 Å². The molecule has 2 rings (SSSR count). The van der Waals surface area contributed by atoms with Crippen LogP contribution < -0.4 is 10.2 Å². The average molecular weight is 229 g/mol. The molecular weight excluding hydrogens is 218 g/mol. The lowest BCUT2D eigenvalue weighted by Crippen LogP contribution is -2.43. The summed E-state index contributed by atoms with van der Waals surface area (Å²) in [4.78, 5) is 17.6. The number of amides is 1. The number of carbonyl (C=O) groups excluding carboxylic acids is 1. The predicted octanol–water partition coefficient (Wildman–Crippen LogP) is 0.768. The van der Waals surface area contributed by atoms with Crippen LogP contribution in [0.1, 0.15) is 0 Å². The van der Waals surface area contributed by atoms with Gasteiger partial charge in [-0.3, -0.25) is 15.0 Å². The highest BCUT2D eigenvalue weighted by molar-refractivity contribution is 7.99. The summed E-state index contributed by atoms with van der Waals surface area (Å²) in [6, 6.07) is -0.0473. The average Bonchev–Trinajstić information content (AvgIpc) is 2.87. The van der Waals surface area contributed by atoms with Crippen LogP contribution in [-0.2, 0) is 4.79 Å². The summed E-state index contributed by atoms with van der Waals surface area (Å²) in [6.45, 7) is 0. The fourth-order valence-electron chi connectivity index (χ4n) is 1.26. The van der Waals surface area contributed by atoms with Crippen molar-refractivity contribution in [1.82, 2.24) is 10.3 Å². The first kappa shape index (κ1) is 9.95. The van der Waals surface area contributed by atoms with E-state index in [9.17, 15) is 4.79 Å². The zero-order chi connectivity index (χ0) is 9.97. The summed E-state index contributed by atoms with van der Waals surface area (Å²) in [5.41, 5.74) is 0. The van der Waals surface area contributed by atoms with Gasteiger partial charge in [-0.15, -0.1) is 23.1 Å². The number of hydrogen-bond donors (Lipinski definition) is 1. The Kier molecular flexibility index (Phi) is 3.05. The number of nitrogens with zero attached hydrogens (tertiary/aromatic N) is 2. The number of thiazole rings is 1. The monoisotopic (exact) mass is 229 g/mol. The van der Waals surface area contributed by atoms with Crippen molar-refractivity contribution in [2.45, 2.75) is 6.04 Å². The molecule has 1 atom stereocenters. The predicted molar refractivity (Wildman–Crippen MR) is 59.8 cm³/mol. The molecule has 1 fully saturated rings. The van der Waals surface area contributed by atoms with Gasteiger partial charge >= 0.3 is 0 Å². The van der Waals surface area contributed by atoms with Crippen molar-refractivity contribution in [3.8, 4) is 0 Å². The van der Waals surface area contributed by atoms with E-state index in [1.165, 1.54) is 11.3 Å². The van der Waals surface area contributed by atoms with Crippen molar-refractivity contribution in [2.75, 3.05) is 23.6 Å². The van der Waals surface area contributed by atoms with E-state index >= 15 is 0 Å². The van der Waals surface area contributed by atoms with Crippen LogP contribution in [0.5, 0.6) is 0 Å². The minimum Gasteiger partial charge on any atom is -0.296 e. The second-order valence-corrected chi connectivity index (χ2v) is 4.89. The van der Waals surface area contributed by atoms with Crippen LogP contribution in [0.4, 0.5) is 5.13 Å². The SMILES string of the molecule is CN(C(=O)C1CSCN1)c1nccs1. The number of anilines is 1. The first-order chi connectivity index (χ1) is 6.79. The van der Waals surface area contributed by atoms with Gasteiger partial charge in [-0.2, -0.15) is 0 Å². The zero-order valence-electron chi connectivity index (χ0n) is 7.77. The molecule has 1 N–H and O–H groups in total. The van der Waals surface area contributed by atoms with Crippen LogP contribution in [-0.4, -0.2) is 35.6 Å². The van der Waals surface area contributed by atoms with E-state index in [-0.39, 0.29) is 11.9 Å². The Hall–Kier alpha value is -0.590. The highest BCUT2D eigenvalue weighted by Gasteiger charge is 2.26. The highest BCUT2D eigenvalue weighted by atomic mass is 32.2. The van der Waals surface area contributed by atoms with E-state index in [4.69, 9.17) is 0 Å². The van der Waals surface area contributed by atoms with Gasteiger partial charge in [0, 0.05) is 30.3 Å². The summed E-state index contributed by atoms with van der Waals surface area (Å²) in [6.07, 6.45) is 1.71. The molecule has 1 aliphatic heterocycles. The summed E-state index contributed by atoms with van der Waals surface area (Å²) in [5.74, 6) is 1.82. The van der Waals surface area contributed by atoms with Crippen LogP contribution in [0.15, 0.2) is 11.6 Å². The van der Waals surface area contributed by atoms with E-state index in [1.807, 2.05) is 5.38 Å². The van der Waals surface area contributed by atoms with Crippen molar-refractivity contribution in [3.05, 3.63) is 11.6 Å². The van der Waals surface area contributed by atoms with Gasteiger partial charge in [0.1, 0.15) is 0 Å². The molecule has 2 heterocycles. The third kappa shape index (κ3) is 1.92. The second kappa shape index (κ2) is 4.29. The number of aromatic nitrogens is 1. The van der Waals surface area contributed by atoms with Crippen LogP contribution in [0.2, 0.25) is 0 Å². The fourth-order valence-corrected chi connectivity index (χ4v) is 2.81. The summed E-state index contributed by atoms with van der Waals surface area (Å²) >= 11 is 3.23. The van der Waals surface area contributed by atoms with Gasteiger partial charge in [-0.05, 0) is 0 Å². The normalized spacial score (nSPS) is 21.1. The minimum atomic E-state index is -0.0473. The third-order valence-electron chi connectivity index (χ3n) is 2.05. The van der Waals surface area contributed by atoms with E-state index in [2.05, 4.69) is 10.3 Å². The van der Waals surface area contributed by atoms with E-state index in [1.54, 1.807) is 29.9 Å². The Bertz CT molecular complexity index is 308. The number of thioether (sulfide) groups is 1. The number of hydrogen-bond acceptors (Lipinski definition) is 5.